The molecule has 0 saturated carbocycles. The van der Waals surface area contributed by atoms with Gasteiger partial charge in [0.2, 0.25) is 0 Å². The van der Waals surface area contributed by atoms with E-state index in [4.69, 9.17) is 0 Å². The predicted octanol–water partition coefficient (Wildman–Crippen LogP) is 2.85. The van der Waals surface area contributed by atoms with Gasteiger partial charge in [-0.3, -0.25) is 4.98 Å². The van der Waals surface area contributed by atoms with Crippen molar-refractivity contribution in [2.45, 2.75) is 33.4 Å². The van der Waals surface area contributed by atoms with Gasteiger partial charge in [-0.15, -0.1) is 11.3 Å². The van der Waals surface area contributed by atoms with E-state index in [1.165, 1.54) is 10.4 Å². The highest BCUT2D eigenvalue weighted by Crippen LogP contribution is 2.26. The summed E-state index contributed by atoms with van der Waals surface area (Å²) in [4.78, 5) is 12.9. The second-order valence-electron chi connectivity index (χ2n) is 5.93. The summed E-state index contributed by atoms with van der Waals surface area (Å²) in [6.45, 7) is 8.20. The molecule has 0 amide bonds. The lowest BCUT2D eigenvalue weighted by Gasteiger charge is -2.27. The fourth-order valence-corrected chi connectivity index (χ4v) is 3.43. The first-order valence-corrected chi connectivity index (χ1v) is 8.42. The third kappa shape index (κ3) is 3.60. The fourth-order valence-electron chi connectivity index (χ4n) is 2.54. The normalized spacial score (nSPS) is 14.5. The molecule has 0 bridgehead atoms. The molecular formula is C16H22N4S. The van der Waals surface area contributed by atoms with Gasteiger partial charge in [-0.05, 0) is 35.9 Å². The number of nitrogens with zero attached hydrogens (tertiary/aromatic N) is 3. The molecule has 3 rings (SSSR count). The minimum atomic E-state index is 0.658. The van der Waals surface area contributed by atoms with Gasteiger partial charge in [0.25, 0.3) is 0 Å². The zero-order valence-corrected chi connectivity index (χ0v) is 13.5. The number of nitrogens with one attached hydrogen (secondary N) is 1. The number of hydrogen-bond donors (Lipinski definition) is 1. The van der Waals surface area contributed by atoms with Crippen LogP contribution in [0.15, 0.2) is 23.8 Å². The van der Waals surface area contributed by atoms with Crippen molar-refractivity contribution in [3.63, 3.8) is 0 Å². The van der Waals surface area contributed by atoms with Gasteiger partial charge in [0.05, 0.1) is 18.1 Å². The van der Waals surface area contributed by atoms with Crippen LogP contribution in [-0.4, -0.2) is 23.1 Å². The van der Waals surface area contributed by atoms with Crippen LogP contribution >= 0.6 is 11.3 Å². The Morgan fingerprint density at radius 3 is 3.00 bits per heavy atom. The van der Waals surface area contributed by atoms with Crippen LogP contribution in [0.5, 0.6) is 0 Å². The molecule has 0 fully saturated rings. The highest BCUT2D eigenvalue weighted by Gasteiger charge is 2.18. The summed E-state index contributed by atoms with van der Waals surface area (Å²) < 4.78 is 0. The van der Waals surface area contributed by atoms with Crippen LogP contribution in [0.2, 0.25) is 0 Å². The Labute approximate surface area is 130 Å². The van der Waals surface area contributed by atoms with Crippen molar-refractivity contribution in [3.05, 3.63) is 40.0 Å². The summed E-state index contributed by atoms with van der Waals surface area (Å²) >= 11 is 1.87. The van der Waals surface area contributed by atoms with Gasteiger partial charge in [0.1, 0.15) is 5.82 Å². The number of aromatic nitrogens is 2. The molecular weight excluding hydrogens is 280 g/mol. The number of rotatable bonds is 5. The summed E-state index contributed by atoms with van der Waals surface area (Å²) in [7, 11) is 0. The number of hydrogen-bond acceptors (Lipinski definition) is 5. The standard InChI is InChI=1S/C16H22N4S/c1-12(2)7-17-8-14-9-19-16(10-18-14)20-5-3-15-13(11-20)4-6-21-15/h4,6,9-10,12,17H,3,5,7-8,11H2,1-2H3. The van der Waals surface area contributed by atoms with Gasteiger partial charge in [-0.25, -0.2) is 4.98 Å². The van der Waals surface area contributed by atoms with Crippen LogP contribution in [0.25, 0.3) is 0 Å². The largest absolute Gasteiger partial charge is 0.351 e. The van der Waals surface area contributed by atoms with Crippen molar-refractivity contribution in [1.29, 1.82) is 0 Å². The van der Waals surface area contributed by atoms with Crippen LogP contribution in [0.3, 0.4) is 0 Å². The minimum Gasteiger partial charge on any atom is -0.351 e. The highest BCUT2D eigenvalue weighted by atomic mass is 32.1. The van der Waals surface area contributed by atoms with Crippen molar-refractivity contribution in [2.24, 2.45) is 5.92 Å². The van der Waals surface area contributed by atoms with Gasteiger partial charge in [-0.1, -0.05) is 13.8 Å². The average Bonchev–Trinajstić information content (AvgIpc) is 2.95. The van der Waals surface area contributed by atoms with Gasteiger partial charge in [0.15, 0.2) is 0 Å². The number of thiophene rings is 1. The highest BCUT2D eigenvalue weighted by molar-refractivity contribution is 7.10. The summed E-state index contributed by atoms with van der Waals surface area (Å²) in [5, 5.41) is 5.58. The molecule has 1 N–H and O–H groups in total. The molecule has 0 radical (unpaired) electrons. The Morgan fingerprint density at radius 2 is 2.24 bits per heavy atom. The van der Waals surface area contributed by atoms with Crippen molar-refractivity contribution in [3.8, 4) is 0 Å². The molecule has 0 aromatic carbocycles. The lowest BCUT2D eigenvalue weighted by molar-refractivity contribution is 0.547. The average molecular weight is 302 g/mol. The molecule has 21 heavy (non-hydrogen) atoms. The van der Waals surface area contributed by atoms with Gasteiger partial charge >= 0.3 is 0 Å². The van der Waals surface area contributed by atoms with E-state index in [0.29, 0.717) is 5.92 Å². The molecule has 5 heteroatoms. The van der Waals surface area contributed by atoms with Crippen molar-refractivity contribution < 1.29 is 0 Å². The van der Waals surface area contributed by atoms with E-state index in [-0.39, 0.29) is 0 Å². The van der Waals surface area contributed by atoms with Crippen LogP contribution in [0, 0.1) is 5.92 Å². The molecule has 2 aromatic heterocycles. The zero-order valence-electron chi connectivity index (χ0n) is 12.7. The van der Waals surface area contributed by atoms with E-state index in [2.05, 4.69) is 45.5 Å². The SMILES string of the molecule is CC(C)CNCc1cnc(N2CCc3sccc3C2)cn1. The third-order valence-electron chi connectivity index (χ3n) is 3.68. The van der Waals surface area contributed by atoms with Gasteiger partial charge in [-0.2, -0.15) is 0 Å². The number of fused-ring (bicyclic) bond motifs is 1. The molecule has 0 aliphatic carbocycles. The molecule has 1 aliphatic rings. The second kappa shape index (κ2) is 6.54. The zero-order chi connectivity index (χ0) is 14.7. The van der Waals surface area contributed by atoms with E-state index >= 15 is 0 Å². The molecule has 0 saturated heterocycles. The topological polar surface area (TPSA) is 41.1 Å². The number of anilines is 1. The molecule has 1 aliphatic heterocycles. The van der Waals surface area contributed by atoms with Crippen LogP contribution in [0.1, 0.15) is 30.0 Å². The first kappa shape index (κ1) is 14.5. The quantitative estimate of drug-likeness (QED) is 0.922. The first-order valence-electron chi connectivity index (χ1n) is 7.54. The Bertz CT molecular complexity index is 576. The molecule has 2 aromatic rings. The van der Waals surface area contributed by atoms with Crippen molar-refractivity contribution in [1.82, 2.24) is 15.3 Å². The summed E-state index contributed by atoms with van der Waals surface area (Å²) in [5.74, 6) is 1.64. The molecule has 4 nitrogen and oxygen atoms in total. The second-order valence-corrected chi connectivity index (χ2v) is 6.93. The van der Waals surface area contributed by atoms with Gasteiger partial charge in [0, 0.05) is 24.5 Å². The monoisotopic (exact) mass is 302 g/mol. The maximum atomic E-state index is 4.58. The Hall–Kier alpha value is -1.46. The van der Waals surface area contributed by atoms with Crippen molar-refractivity contribution in [2.75, 3.05) is 18.0 Å². The predicted molar refractivity (Wildman–Crippen MR) is 87.6 cm³/mol. The van der Waals surface area contributed by atoms with E-state index in [1.807, 2.05) is 23.7 Å². The summed E-state index contributed by atoms with van der Waals surface area (Å²) in [5.41, 5.74) is 2.45. The van der Waals surface area contributed by atoms with E-state index in [1.54, 1.807) is 0 Å². The lowest BCUT2D eigenvalue weighted by Crippen LogP contribution is -2.30. The molecule has 112 valence electrons. The van der Waals surface area contributed by atoms with Crippen molar-refractivity contribution >= 4 is 17.2 Å². The molecule has 0 spiro atoms. The van der Waals surface area contributed by atoms with Crippen LogP contribution < -0.4 is 10.2 Å². The van der Waals surface area contributed by atoms with E-state index in [9.17, 15) is 0 Å². The Kier molecular flexibility index (Phi) is 4.51. The smallest absolute Gasteiger partial charge is 0.147 e. The van der Waals surface area contributed by atoms with E-state index in [0.717, 1.165) is 44.1 Å². The van der Waals surface area contributed by atoms with Crippen LogP contribution in [-0.2, 0) is 19.5 Å². The maximum Gasteiger partial charge on any atom is 0.147 e. The maximum absolute atomic E-state index is 4.58. The van der Waals surface area contributed by atoms with Gasteiger partial charge < -0.3 is 10.2 Å². The van der Waals surface area contributed by atoms with E-state index < -0.39 is 0 Å². The fraction of sp³-hybridized carbons (Fsp3) is 0.500. The lowest BCUT2D eigenvalue weighted by atomic mass is 10.1. The minimum absolute atomic E-state index is 0.658. The molecule has 0 atom stereocenters. The molecule has 0 unspecified atom stereocenters. The Balaban J connectivity index is 1.60. The summed E-state index contributed by atoms with van der Waals surface area (Å²) in [6.07, 6.45) is 4.92. The first-order chi connectivity index (χ1) is 10.2. The third-order valence-corrected chi connectivity index (χ3v) is 4.71. The Morgan fingerprint density at radius 1 is 1.33 bits per heavy atom. The molecule has 3 heterocycles. The summed E-state index contributed by atoms with van der Waals surface area (Å²) in [6, 6.07) is 2.23. The van der Waals surface area contributed by atoms with Crippen LogP contribution in [0.4, 0.5) is 5.82 Å².